The molecular formula is C14H11N3O2. The van der Waals surface area contributed by atoms with Crippen molar-refractivity contribution in [3.63, 3.8) is 0 Å². The van der Waals surface area contributed by atoms with E-state index in [1.165, 1.54) is 30.3 Å². The molecule has 0 aliphatic carbocycles. The Morgan fingerprint density at radius 3 is 2.74 bits per heavy atom. The van der Waals surface area contributed by atoms with Crippen molar-refractivity contribution in [2.24, 2.45) is 0 Å². The summed E-state index contributed by atoms with van der Waals surface area (Å²) < 4.78 is 0. The van der Waals surface area contributed by atoms with Crippen LogP contribution in [0.2, 0.25) is 0 Å². The zero-order valence-corrected chi connectivity index (χ0v) is 10.2. The summed E-state index contributed by atoms with van der Waals surface area (Å²) >= 11 is 0. The highest BCUT2D eigenvalue weighted by Crippen LogP contribution is 2.22. The number of pyridine rings is 1. The molecule has 0 radical (unpaired) electrons. The van der Waals surface area contributed by atoms with E-state index >= 15 is 0 Å². The van der Waals surface area contributed by atoms with Gasteiger partial charge in [0.1, 0.15) is 11.8 Å². The molecule has 1 aromatic heterocycles. The molecule has 0 aliphatic rings. The number of rotatable bonds is 2. The zero-order valence-electron chi connectivity index (χ0n) is 10.2. The number of hydrogen-bond acceptors (Lipinski definition) is 4. The first-order valence-electron chi connectivity index (χ1n) is 5.56. The van der Waals surface area contributed by atoms with Gasteiger partial charge < -0.3 is 10.0 Å². The number of para-hydroxylation sites is 1. The minimum Gasteiger partial charge on any atom is -0.505 e. The molecule has 1 aromatic carbocycles. The van der Waals surface area contributed by atoms with Crippen molar-refractivity contribution in [2.45, 2.75) is 0 Å². The third-order valence-corrected chi connectivity index (χ3v) is 2.68. The van der Waals surface area contributed by atoms with E-state index in [4.69, 9.17) is 5.26 Å². The zero-order chi connectivity index (χ0) is 13.8. The third-order valence-electron chi connectivity index (χ3n) is 2.68. The predicted molar refractivity (Wildman–Crippen MR) is 69.8 cm³/mol. The molecule has 0 fully saturated rings. The van der Waals surface area contributed by atoms with Crippen LogP contribution in [0.4, 0.5) is 5.69 Å². The second-order valence-corrected chi connectivity index (χ2v) is 3.86. The summed E-state index contributed by atoms with van der Waals surface area (Å²) in [6.45, 7) is 0. The Morgan fingerprint density at radius 2 is 2.05 bits per heavy atom. The summed E-state index contributed by atoms with van der Waals surface area (Å²) in [5, 5.41) is 18.6. The average Bonchev–Trinajstić information content (AvgIpc) is 2.46. The van der Waals surface area contributed by atoms with Gasteiger partial charge in [0, 0.05) is 13.2 Å². The van der Waals surface area contributed by atoms with Gasteiger partial charge in [-0.2, -0.15) is 5.26 Å². The van der Waals surface area contributed by atoms with E-state index in [1.54, 1.807) is 24.3 Å². The second-order valence-electron chi connectivity index (χ2n) is 3.86. The third kappa shape index (κ3) is 2.38. The molecule has 5 heteroatoms. The van der Waals surface area contributed by atoms with E-state index in [0.29, 0.717) is 11.3 Å². The molecule has 1 heterocycles. The number of nitriles is 1. The van der Waals surface area contributed by atoms with Crippen LogP contribution in [0.15, 0.2) is 42.6 Å². The van der Waals surface area contributed by atoms with Gasteiger partial charge in [0.2, 0.25) is 0 Å². The number of hydrogen-bond donors (Lipinski definition) is 1. The lowest BCUT2D eigenvalue weighted by molar-refractivity contribution is 0.0985. The lowest BCUT2D eigenvalue weighted by Gasteiger charge is -2.18. The fraction of sp³-hybridized carbons (Fsp3) is 0.0714. The van der Waals surface area contributed by atoms with Gasteiger partial charge >= 0.3 is 0 Å². The van der Waals surface area contributed by atoms with Gasteiger partial charge in [0.25, 0.3) is 5.91 Å². The van der Waals surface area contributed by atoms with E-state index < -0.39 is 5.91 Å². The quantitative estimate of drug-likeness (QED) is 0.887. The summed E-state index contributed by atoms with van der Waals surface area (Å²) in [6, 6.07) is 11.7. The molecule has 1 amide bonds. The molecule has 0 aliphatic heterocycles. The smallest absolute Gasteiger partial charge is 0.280 e. The van der Waals surface area contributed by atoms with Crippen molar-refractivity contribution in [1.82, 2.24) is 4.98 Å². The molecule has 5 nitrogen and oxygen atoms in total. The Hall–Kier alpha value is -2.87. The Balaban J connectivity index is 2.40. The Labute approximate surface area is 110 Å². The van der Waals surface area contributed by atoms with Gasteiger partial charge in [-0.15, -0.1) is 0 Å². The number of carbonyl (C=O) groups is 1. The fourth-order valence-electron chi connectivity index (χ4n) is 1.69. The van der Waals surface area contributed by atoms with Crippen molar-refractivity contribution in [3.05, 3.63) is 53.9 Å². The minimum absolute atomic E-state index is 0.0438. The van der Waals surface area contributed by atoms with Crippen LogP contribution < -0.4 is 4.90 Å². The van der Waals surface area contributed by atoms with Gasteiger partial charge in [-0.25, -0.2) is 4.98 Å². The van der Waals surface area contributed by atoms with Crippen LogP contribution in [0.5, 0.6) is 5.75 Å². The van der Waals surface area contributed by atoms with E-state index in [1.807, 2.05) is 6.07 Å². The molecule has 94 valence electrons. The molecule has 2 aromatic rings. The highest BCUT2D eigenvalue weighted by atomic mass is 16.3. The van der Waals surface area contributed by atoms with Crippen LogP contribution >= 0.6 is 0 Å². The number of benzene rings is 1. The SMILES string of the molecule is CN(C(=O)c1ncccc1O)c1ccccc1C#N. The molecule has 0 spiro atoms. The first-order chi connectivity index (χ1) is 9.15. The average molecular weight is 253 g/mol. The second kappa shape index (κ2) is 5.19. The van der Waals surface area contributed by atoms with Crippen LogP contribution in [0, 0.1) is 11.3 Å². The largest absolute Gasteiger partial charge is 0.505 e. The number of anilines is 1. The van der Waals surface area contributed by atoms with Gasteiger partial charge in [-0.05, 0) is 24.3 Å². The fourth-order valence-corrected chi connectivity index (χ4v) is 1.69. The van der Waals surface area contributed by atoms with Gasteiger partial charge in [-0.3, -0.25) is 4.79 Å². The van der Waals surface area contributed by atoms with Crippen molar-refractivity contribution < 1.29 is 9.90 Å². The standard InChI is InChI=1S/C14H11N3O2/c1-17(11-6-3-2-5-10(11)9-15)14(19)13-12(18)7-4-8-16-13/h2-8,18H,1H3. The Morgan fingerprint density at radius 1 is 1.32 bits per heavy atom. The molecule has 0 atom stereocenters. The summed E-state index contributed by atoms with van der Waals surface area (Å²) in [6.07, 6.45) is 1.43. The molecule has 1 N–H and O–H groups in total. The Bertz CT molecular complexity index is 662. The minimum atomic E-state index is -0.471. The maximum Gasteiger partial charge on any atom is 0.280 e. The number of aromatic hydroxyl groups is 1. The maximum atomic E-state index is 12.2. The summed E-state index contributed by atoms with van der Waals surface area (Å²) in [7, 11) is 1.53. The van der Waals surface area contributed by atoms with Crippen molar-refractivity contribution in [2.75, 3.05) is 11.9 Å². The highest BCUT2D eigenvalue weighted by molar-refractivity contribution is 6.06. The first kappa shape index (κ1) is 12.6. The first-order valence-corrected chi connectivity index (χ1v) is 5.56. The van der Waals surface area contributed by atoms with E-state index in [9.17, 15) is 9.90 Å². The molecule has 0 saturated carbocycles. The van der Waals surface area contributed by atoms with Crippen molar-refractivity contribution in [3.8, 4) is 11.8 Å². The van der Waals surface area contributed by atoms with Crippen LogP contribution in [-0.4, -0.2) is 23.0 Å². The number of amides is 1. The molecule has 0 bridgehead atoms. The monoisotopic (exact) mass is 253 g/mol. The molecule has 2 rings (SSSR count). The van der Waals surface area contributed by atoms with E-state index in [-0.39, 0.29) is 11.4 Å². The number of nitrogens with zero attached hydrogens (tertiary/aromatic N) is 3. The van der Waals surface area contributed by atoms with Crippen LogP contribution in [-0.2, 0) is 0 Å². The van der Waals surface area contributed by atoms with Crippen LogP contribution in [0.1, 0.15) is 16.1 Å². The lowest BCUT2D eigenvalue weighted by Crippen LogP contribution is -2.27. The molecular weight excluding hydrogens is 242 g/mol. The summed E-state index contributed by atoms with van der Waals surface area (Å²) in [5.41, 5.74) is 0.812. The molecule has 0 unspecified atom stereocenters. The van der Waals surface area contributed by atoms with Gasteiger partial charge in [0.15, 0.2) is 5.69 Å². The Kier molecular flexibility index (Phi) is 3.44. The maximum absolute atomic E-state index is 12.2. The summed E-state index contributed by atoms with van der Waals surface area (Å²) in [5.74, 6) is -0.658. The number of carbonyl (C=O) groups excluding carboxylic acids is 1. The topological polar surface area (TPSA) is 77.2 Å². The predicted octanol–water partition coefficient (Wildman–Crippen LogP) is 1.94. The lowest BCUT2D eigenvalue weighted by atomic mass is 10.1. The van der Waals surface area contributed by atoms with Crippen molar-refractivity contribution in [1.29, 1.82) is 5.26 Å². The van der Waals surface area contributed by atoms with Crippen LogP contribution in [0.3, 0.4) is 0 Å². The molecule has 0 saturated heterocycles. The molecule has 19 heavy (non-hydrogen) atoms. The van der Waals surface area contributed by atoms with E-state index in [2.05, 4.69) is 4.98 Å². The van der Waals surface area contributed by atoms with Crippen LogP contribution in [0.25, 0.3) is 0 Å². The normalized spacial score (nSPS) is 9.68. The van der Waals surface area contributed by atoms with Crippen molar-refractivity contribution >= 4 is 11.6 Å². The number of aromatic nitrogens is 1. The van der Waals surface area contributed by atoms with Gasteiger partial charge in [-0.1, -0.05) is 12.1 Å². The summed E-state index contributed by atoms with van der Waals surface area (Å²) in [4.78, 5) is 17.4. The van der Waals surface area contributed by atoms with E-state index in [0.717, 1.165) is 0 Å². The highest BCUT2D eigenvalue weighted by Gasteiger charge is 2.20. The van der Waals surface area contributed by atoms with Gasteiger partial charge in [0.05, 0.1) is 11.3 Å².